The Morgan fingerprint density at radius 2 is 2.40 bits per heavy atom. The average Bonchev–Trinajstić information content (AvgIpc) is 1.41. The molecule has 0 fully saturated rings. The molecule has 0 aromatic rings. The van der Waals surface area contributed by atoms with Gasteiger partial charge in [-0.2, -0.15) is 0 Å². The van der Waals surface area contributed by atoms with Crippen molar-refractivity contribution in [2.75, 3.05) is 6.61 Å². The van der Waals surface area contributed by atoms with Gasteiger partial charge in [0.05, 0.1) is 0 Å². The van der Waals surface area contributed by atoms with Gasteiger partial charge in [-0.1, -0.05) is 0 Å². The van der Waals surface area contributed by atoms with Crippen LogP contribution in [0.15, 0.2) is 0 Å². The molecule has 0 N–H and O–H groups in total. The summed E-state index contributed by atoms with van der Waals surface area (Å²) >= 11 is 1.71. The maximum absolute atomic E-state index is 4.69. The fourth-order valence-corrected chi connectivity index (χ4v) is 0.530. The van der Waals surface area contributed by atoms with Crippen LogP contribution in [-0.4, -0.2) is 23.5 Å². The van der Waals surface area contributed by atoms with Gasteiger partial charge in [0.2, 0.25) is 0 Å². The SMILES string of the molecule is CCC[O][Ge]. The van der Waals surface area contributed by atoms with Gasteiger partial charge >= 0.3 is 40.6 Å². The Kier molecular flexibility index (Phi) is 4.96. The van der Waals surface area contributed by atoms with Crippen molar-refractivity contribution in [1.82, 2.24) is 0 Å². The molecule has 0 spiro atoms. The van der Waals surface area contributed by atoms with Crippen LogP contribution < -0.4 is 0 Å². The summed E-state index contributed by atoms with van der Waals surface area (Å²) in [4.78, 5) is 0. The third kappa shape index (κ3) is 4.50. The normalized spacial score (nSPS) is 8.40. The van der Waals surface area contributed by atoms with E-state index in [4.69, 9.17) is 3.76 Å². The van der Waals surface area contributed by atoms with Gasteiger partial charge < -0.3 is 0 Å². The van der Waals surface area contributed by atoms with E-state index in [9.17, 15) is 0 Å². The van der Waals surface area contributed by atoms with E-state index in [1.165, 1.54) is 0 Å². The van der Waals surface area contributed by atoms with Crippen LogP contribution in [0.3, 0.4) is 0 Å². The third-order valence-electron chi connectivity index (χ3n) is 0.306. The van der Waals surface area contributed by atoms with Gasteiger partial charge in [-0.15, -0.1) is 0 Å². The fourth-order valence-electron chi connectivity index (χ4n) is 0.102. The van der Waals surface area contributed by atoms with Gasteiger partial charge in [-0.25, -0.2) is 0 Å². The summed E-state index contributed by atoms with van der Waals surface area (Å²) in [5.41, 5.74) is 0. The van der Waals surface area contributed by atoms with E-state index in [2.05, 4.69) is 6.92 Å². The van der Waals surface area contributed by atoms with E-state index in [0.29, 0.717) is 0 Å². The van der Waals surface area contributed by atoms with E-state index in [0.717, 1.165) is 13.0 Å². The number of rotatable bonds is 2. The molecule has 0 bridgehead atoms. The van der Waals surface area contributed by atoms with Gasteiger partial charge in [-0.05, 0) is 0 Å². The first-order valence-corrected chi connectivity index (χ1v) is 2.56. The summed E-state index contributed by atoms with van der Waals surface area (Å²) < 4.78 is 4.69. The molecule has 0 amide bonds. The fraction of sp³-hybridized carbons (Fsp3) is 1.00. The van der Waals surface area contributed by atoms with E-state index < -0.39 is 0 Å². The van der Waals surface area contributed by atoms with Gasteiger partial charge in [0.15, 0.2) is 0 Å². The molecule has 0 rings (SSSR count). The Bertz CT molecular complexity index is 14.4. The molecule has 0 aromatic carbocycles. The zero-order valence-electron chi connectivity index (χ0n) is 3.32. The molecule has 1 nitrogen and oxygen atoms in total. The second-order valence-electron chi connectivity index (χ2n) is 0.848. The van der Waals surface area contributed by atoms with Crippen molar-refractivity contribution < 1.29 is 3.76 Å². The zero-order valence-corrected chi connectivity index (χ0v) is 5.42. The molecule has 2 heteroatoms. The predicted octanol–water partition coefficient (Wildman–Crippen LogP) is 0.496. The summed E-state index contributed by atoms with van der Waals surface area (Å²) in [7, 11) is 0. The van der Waals surface area contributed by atoms with E-state index in [1.807, 2.05) is 0 Å². The van der Waals surface area contributed by atoms with E-state index >= 15 is 0 Å². The molecule has 29 valence electrons. The van der Waals surface area contributed by atoms with Gasteiger partial charge in [0.25, 0.3) is 0 Å². The van der Waals surface area contributed by atoms with Crippen molar-refractivity contribution in [1.29, 1.82) is 0 Å². The Balaban J connectivity index is 2.19. The van der Waals surface area contributed by atoms with Crippen LogP contribution in [0.5, 0.6) is 0 Å². The van der Waals surface area contributed by atoms with Crippen LogP contribution in [0.4, 0.5) is 0 Å². The minimum absolute atomic E-state index is 0.889. The predicted molar refractivity (Wildman–Crippen MR) is 22.0 cm³/mol. The third-order valence-corrected chi connectivity index (χ3v) is 0.734. The Morgan fingerprint density at radius 3 is 2.40 bits per heavy atom. The molecule has 0 saturated heterocycles. The van der Waals surface area contributed by atoms with Crippen LogP contribution in [0.2, 0.25) is 0 Å². The average molecular weight is 132 g/mol. The van der Waals surface area contributed by atoms with Crippen LogP contribution in [0, 0.1) is 0 Å². The Labute approximate surface area is 41.3 Å². The van der Waals surface area contributed by atoms with Crippen molar-refractivity contribution in [3.8, 4) is 0 Å². The molecule has 3 radical (unpaired) electrons. The molecule has 0 aliphatic carbocycles. The summed E-state index contributed by atoms with van der Waals surface area (Å²) in [6, 6.07) is 0. The topological polar surface area (TPSA) is 9.23 Å². The zero-order chi connectivity index (χ0) is 4.12. The second kappa shape index (κ2) is 4.50. The molecule has 5 heavy (non-hydrogen) atoms. The van der Waals surface area contributed by atoms with Gasteiger partial charge in [-0.3, -0.25) is 0 Å². The molecule has 0 unspecified atom stereocenters. The van der Waals surface area contributed by atoms with E-state index in [-0.39, 0.29) is 0 Å². The molecule has 0 aliphatic rings. The number of hydrogen-bond acceptors (Lipinski definition) is 1. The molecule has 0 saturated carbocycles. The van der Waals surface area contributed by atoms with Crippen molar-refractivity contribution in [3.63, 3.8) is 0 Å². The van der Waals surface area contributed by atoms with Crippen LogP contribution in [0.25, 0.3) is 0 Å². The Morgan fingerprint density at radius 1 is 1.80 bits per heavy atom. The monoisotopic (exact) mass is 133 g/mol. The van der Waals surface area contributed by atoms with Crippen LogP contribution >= 0.6 is 0 Å². The summed E-state index contributed by atoms with van der Waals surface area (Å²) in [6.07, 6.45) is 1.12. The molecule has 0 aromatic heterocycles. The van der Waals surface area contributed by atoms with Crippen molar-refractivity contribution in [3.05, 3.63) is 0 Å². The van der Waals surface area contributed by atoms with Crippen molar-refractivity contribution in [2.45, 2.75) is 13.3 Å². The minimum atomic E-state index is 0.889. The van der Waals surface area contributed by atoms with Crippen LogP contribution in [-0.2, 0) is 3.76 Å². The van der Waals surface area contributed by atoms with Crippen molar-refractivity contribution in [2.24, 2.45) is 0 Å². The standard InChI is InChI=1S/C3H7GeO/c1-2-3-5-4/h2-3H2,1H3. The summed E-state index contributed by atoms with van der Waals surface area (Å²) in [5.74, 6) is 0. The first kappa shape index (κ1) is 5.50. The quantitative estimate of drug-likeness (QED) is 0.496. The second-order valence-corrected chi connectivity index (χ2v) is 1.45. The summed E-state index contributed by atoms with van der Waals surface area (Å²) in [6.45, 7) is 2.98. The molecule has 0 aliphatic heterocycles. The van der Waals surface area contributed by atoms with Crippen LogP contribution in [0.1, 0.15) is 13.3 Å². The molecular weight excluding hydrogens is 125 g/mol. The summed E-state index contributed by atoms with van der Waals surface area (Å²) in [5, 5.41) is 0. The van der Waals surface area contributed by atoms with E-state index in [1.54, 1.807) is 16.9 Å². The Hall–Kier alpha value is 0.503. The van der Waals surface area contributed by atoms with Gasteiger partial charge in [0, 0.05) is 0 Å². The maximum atomic E-state index is 4.69. The molecule has 0 heterocycles. The van der Waals surface area contributed by atoms with Crippen molar-refractivity contribution >= 4 is 16.9 Å². The molecular formula is C3H7GeO. The first-order chi connectivity index (χ1) is 2.41. The number of hydrogen-bond donors (Lipinski definition) is 0. The molecule has 0 atom stereocenters. The first-order valence-electron chi connectivity index (χ1n) is 1.70. The van der Waals surface area contributed by atoms with Gasteiger partial charge in [0.1, 0.15) is 0 Å².